The lowest BCUT2D eigenvalue weighted by Crippen LogP contribution is -2.60. The number of methoxy groups -OCH3 is 1. The lowest BCUT2D eigenvalue weighted by molar-refractivity contribution is -0.267. The van der Waals surface area contributed by atoms with Gasteiger partial charge in [-0.15, -0.1) is 0 Å². The van der Waals surface area contributed by atoms with Gasteiger partial charge in [0.1, 0.15) is 12.7 Å². The van der Waals surface area contributed by atoms with Gasteiger partial charge in [-0.1, -0.05) is 0 Å². The molecule has 14 heteroatoms. The van der Waals surface area contributed by atoms with E-state index in [1.165, 1.54) is 42.5 Å². The van der Waals surface area contributed by atoms with E-state index in [2.05, 4.69) is 4.98 Å². The van der Waals surface area contributed by atoms with E-state index in [1.54, 1.807) is 0 Å². The van der Waals surface area contributed by atoms with Crippen LogP contribution in [-0.4, -0.2) is 76.1 Å². The maximum absolute atomic E-state index is 12.8. The molecule has 1 fully saturated rings. The molecule has 0 spiro atoms. The highest BCUT2D eigenvalue weighted by Crippen LogP contribution is 2.36. The second-order valence-corrected chi connectivity index (χ2v) is 8.01. The smallest absolute Gasteiger partial charge is 0.303 e. The van der Waals surface area contributed by atoms with Gasteiger partial charge < -0.3 is 33.0 Å². The van der Waals surface area contributed by atoms with Gasteiger partial charge in [0.25, 0.3) is 5.56 Å². The van der Waals surface area contributed by atoms with Crippen LogP contribution in [0.5, 0.6) is 6.01 Å². The summed E-state index contributed by atoms with van der Waals surface area (Å²) in [5, 5.41) is 0.200. The summed E-state index contributed by atoms with van der Waals surface area (Å²) >= 11 is 0. The molecule has 0 N–H and O–H groups in total. The molecule has 0 aliphatic carbocycles. The monoisotopic (exact) mass is 509 g/mol. The van der Waals surface area contributed by atoms with Crippen LogP contribution in [0.3, 0.4) is 0 Å². The number of nitrogens with zero attached hydrogens (tertiary/aromatic N) is 3. The molecule has 1 aliphatic heterocycles. The topological polar surface area (TPSA) is 163 Å². The molecule has 2 aromatic heterocycles. The highest BCUT2D eigenvalue weighted by molar-refractivity contribution is 5.76. The molecule has 1 saturated heterocycles. The number of ether oxygens (including phenoxy) is 6. The molecule has 0 radical (unpaired) electrons. The van der Waals surface area contributed by atoms with Crippen LogP contribution < -0.4 is 10.3 Å². The lowest BCUT2D eigenvalue weighted by Gasteiger charge is -2.44. The van der Waals surface area contributed by atoms with Gasteiger partial charge in [-0.3, -0.25) is 28.5 Å². The van der Waals surface area contributed by atoms with E-state index >= 15 is 0 Å². The molecule has 196 valence electrons. The second-order valence-electron chi connectivity index (χ2n) is 8.01. The molecule has 5 atom stereocenters. The van der Waals surface area contributed by atoms with Crippen molar-refractivity contribution in [3.8, 4) is 6.01 Å². The number of fused-ring (bicyclic) bond motifs is 1. The third-order valence-electron chi connectivity index (χ3n) is 5.33. The first kappa shape index (κ1) is 26.7. The van der Waals surface area contributed by atoms with Gasteiger partial charge in [0.2, 0.25) is 0 Å². The van der Waals surface area contributed by atoms with Crippen LogP contribution in [-0.2, 0) is 49.9 Å². The zero-order chi connectivity index (χ0) is 26.7. The van der Waals surface area contributed by atoms with Gasteiger partial charge in [0, 0.05) is 40.9 Å². The summed E-state index contributed by atoms with van der Waals surface area (Å²) in [6.07, 6.45) is -4.93. The van der Waals surface area contributed by atoms with Crippen molar-refractivity contribution in [2.24, 2.45) is 7.05 Å². The van der Waals surface area contributed by atoms with E-state index in [9.17, 15) is 24.0 Å². The van der Waals surface area contributed by atoms with Gasteiger partial charge in [0.05, 0.1) is 12.5 Å². The average molecular weight is 509 g/mol. The molecule has 2 aromatic rings. The number of aromatic nitrogens is 3. The van der Waals surface area contributed by atoms with E-state index < -0.39 is 60.1 Å². The number of carbonyl (C=O) groups excluding carboxylic acids is 4. The van der Waals surface area contributed by atoms with Crippen LogP contribution in [0.4, 0.5) is 0 Å². The Morgan fingerprint density at radius 3 is 2.08 bits per heavy atom. The largest absolute Gasteiger partial charge is 0.468 e. The average Bonchev–Trinajstić information content (AvgIpc) is 3.20. The third-order valence-corrected chi connectivity index (χ3v) is 5.33. The van der Waals surface area contributed by atoms with Crippen LogP contribution in [0.25, 0.3) is 11.0 Å². The predicted octanol–water partition coefficient (Wildman–Crippen LogP) is -0.000800. The summed E-state index contributed by atoms with van der Waals surface area (Å²) in [5.74, 6) is -2.88. The Hall–Kier alpha value is -3.94. The zero-order valence-electron chi connectivity index (χ0n) is 20.6. The number of hydrogen-bond donors (Lipinski definition) is 0. The molecular formula is C22H27N3O11. The van der Waals surface area contributed by atoms with Gasteiger partial charge in [0.15, 0.2) is 30.2 Å². The molecule has 1 aliphatic rings. The fourth-order valence-corrected chi connectivity index (χ4v) is 3.97. The minimum absolute atomic E-state index is 0.00177. The number of hydrogen-bond acceptors (Lipinski definition) is 12. The summed E-state index contributed by atoms with van der Waals surface area (Å²) in [7, 11) is 2.83. The first-order valence-corrected chi connectivity index (χ1v) is 10.9. The zero-order valence-corrected chi connectivity index (χ0v) is 20.6. The van der Waals surface area contributed by atoms with Crippen molar-refractivity contribution in [3.05, 3.63) is 22.6 Å². The number of rotatable bonds is 7. The molecule has 0 bridgehead atoms. The first-order valence-electron chi connectivity index (χ1n) is 10.9. The summed E-state index contributed by atoms with van der Waals surface area (Å²) in [4.78, 5) is 64.6. The predicted molar refractivity (Wildman–Crippen MR) is 119 cm³/mol. The first-order chi connectivity index (χ1) is 16.9. The number of esters is 4. The second kappa shape index (κ2) is 10.8. The molecule has 3 rings (SSSR count). The molecule has 0 amide bonds. The van der Waals surface area contributed by atoms with Crippen LogP contribution in [0.1, 0.15) is 33.9 Å². The Morgan fingerprint density at radius 2 is 1.53 bits per heavy atom. The molecule has 14 nitrogen and oxygen atoms in total. The molecule has 36 heavy (non-hydrogen) atoms. The Balaban J connectivity index is 2.20. The maximum Gasteiger partial charge on any atom is 0.303 e. The van der Waals surface area contributed by atoms with E-state index in [4.69, 9.17) is 28.4 Å². The summed E-state index contributed by atoms with van der Waals surface area (Å²) in [6, 6.07) is 1.48. The molecule has 0 saturated carbocycles. The van der Waals surface area contributed by atoms with Crippen LogP contribution in [0.2, 0.25) is 0 Å². The van der Waals surface area contributed by atoms with Crippen molar-refractivity contribution < 1.29 is 47.6 Å². The summed E-state index contributed by atoms with van der Waals surface area (Å²) in [6.45, 7) is 4.19. The summed E-state index contributed by atoms with van der Waals surface area (Å²) < 4.78 is 35.3. The van der Waals surface area contributed by atoms with Crippen molar-refractivity contribution in [2.75, 3.05) is 13.7 Å². The van der Waals surface area contributed by atoms with Gasteiger partial charge in [-0.05, 0) is 6.07 Å². The van der Waals surface area contributed by atoms with Crippen LogP contribution in [0, 0.1) is 0 Å². The Morgan fingerprint density at radius 1 is 0.944 bits per heavy atom. The van der Waals surface area contributed by atoms with E-state index in [0.29, 0.717) is 0 Å². The Labute approximate surface area is 205 Å². The van der Waals surface area contributed by atoms with Crippen molar-refractivity contribution in [1.29, 1.82) is 0 Å². The molecule has 0 aromatic carbocycles. The summed E-state index contributed by atoms with van der Waals surface area (Å²) in [5.41, 5.74) is -0.294. The van der Waals surface area contributed by atoms with E-state index in [1.807, 2.05) is 0 Å². The quantitative estimate of drug-likeness (QED) is 0.363. The van der Waals surface area contributed by atoms with Gasteiger partial charge in [-0.2, -0.15) is 4.98 Å². The normalized spacial score (nSPS) is 23.6. The van der Waals surface area contributed by atoms with Crippen molar-refractivity contribution in [1.82, 2.24) is 14.1 Å². The van der Waals surface area contributed by atoms with Crippen LogP contribution >= 0.6 is 0 Å². The Kier molecular flexibility index (Phi) is 7.97. The van der Waals surface area contributed by atoms with E-state index in [0.717, 1.165) is 20.8 Å². The van der Waals surface area contributed by atoms with Gasteiger partial charge >= 0.3 is 29.9 Å². The lowest BCUT2D eigenvalue weighted by atomic mass is 9.97. The van der Waals surface area contributed by atoms with Crippen molar-refractivity contribution >= 4 is 34.9 Å². The fraction of sp³-hybridized carbons (Fsp3) is 0.545. The van der Waals surface area contributed by atoms with Crippen molar-refractivity contribution in [2.45, 2.75) is 58.3 Å². The fourth-order valence-electron chi connectivity index (χ4n) is 3.97. The molecular weight excluding hydrogens is 482 g/mol. The minimum Gasteiger partial charge on any atom is -0.468 e. The highest BCUT2D eigenvalue weighted by Gasteiger charge is 2.53. The standard InChI is InChI=1S/C22H27N3O11/c1-10(26)32-9-15-16(33-11(2)27)17(34-12(3)28)18(35-13(4)29)21(36-15)25-8-7-14-19(25)23-22(31-6)24(5)20(14)30/h7-8,15-18,21H,9H2,1-6H3/t15-,16+,17+,18+,21-/m1/s1. The van der Waals surface area contributed by atoms with Crippen molar-refractivity contribution in [3.63, 3.8) is 0 Å². The number of carbonyl (C=O) groups is 4. The van der Waals surface area contributed by atoms with Crippen LogP contribution in [0.15, 0.2) is 17.1 Å². The molecule has 3 heterocycles. The maximum atomic E-state index is 12.8. The molecule has 0 unspecified atom stereocenters. The van der Waals surface area contributed by atoms with Gasteiger partial charge in [-0.25, -0.2) is 0 Å². The SMILES string of the molecule is COc1nc2c(ccn2[C@@H]2O[C@H](COC(C)=O)[C@H](OC(C)=O)[C@H](OC(C)=O)[C@@H]2OC(C)=O)c(=O)n1C. The highest BCUT2D eigenvalue weighted by atomic mass is 16.7. The van der Waals surface area contributed by atoms with E-state index in [-0.39, 0.29) is 23.7 Å². The Bertz CT molecular complexity index is 1230. The third kappa shape index (κ3) is 5.48. The minimum atomic E-state index is -1.36.